The third kappa shape index (κ3) is 2.94. The molecular weight excluding hydrogens is 176 g/mol. The second kappa shape index (κ2) is 5.10. The van der Waals surface area contributed by atoms with Crippen LogP contribution in [0.5, 0.6) is 0 Å². The van der Waals surface area contributed by atoms with Gasteiger partial charge >= 0.3 is 0 Å². The van der Waals surface area contributed by atoms with Gasteiger partial charge in [-0.3, -0.25) is 4.90 Å². The second-order valence-corrected chi connectivity index (χ2v) is 4.61. The summed E-state index contributed by atoms with van der Waals surface area (Å²) in [6.07, 6.45) is 4.18. The van der Waals surface area contributed by atoms with E-state index in [9.17, 15) is 0 Å². The minimum atomic E-state index is 0.637. The van der Waals surface area contributed by atoms with Crippen LogP contribution < -0.4 is 5.32 Å². The summed E-state index contributed by atoms with van der Waals surface area (Å²) in [5, 5.41) is 3.68. The third-order valence-corrected chi connectivity index (χ3v) is 3.26. The summed E-state index contributed by atoms with van der Waals surface area (Å²) in [7, 11) is 0. The Kier molecular flexibility index (Phi) is 3.79. The molecule has 2 fully saturated rings. The average Bonchev–Trinajstić information content (AvgIpc) is 2.13. The van der Waals surface area contributed by atoms with E-state index in [-0.39, 0.29) is 0 Å². The van der Waals surface area contributed by atoms with E-state index in [1.165, 1.54) is 25.8 Å². The van der Waals surface area contributed by atoms with Crippen molar-refractivity contribution in [2.75, 3.05) is 32.8 Å². The number of ether oxygens (including phenoxy) is 1. The summed E-state index contributed by atoms with van der Waals surface area (Å²) < 4.78 is 5.33. The van der Waals surface area contributed by atoms with Gasteiger partial charge in [0.25, 0.3) is 0 Å². The Hall–Kier alpha value is -0.120. The molecule has 1 saturated heterocycles. The molecule has 0 spiro atoms. The maximum atomic E-state index is 5.33. The SMILES string of the molecule is CC(CN1CCOCC1)NC1CCC1. The van der Waals surface area contributed by atoms with E-state index in [1.54, 1.807) is 0 Å². The molecule has 0 aromatic carbocycles. The highest BCUT2D eigenvalue weighted by atomic mass is 16.5. The van der Waals surface area contributed by atoms with Gasteiger partial charge in [0.05, 0.1) is 13.2 Å². The Balaban J connectivity index is 1.62. The molecule has 1 aliphatic carbocycles. The van der Waals surface area contributed by atoms with Gasteiger partial charge < -0.3 is 10.1 Å². The number of nitrogens with zero attached hydrogens (tertiary/aromatic N) is 1. The molecule has 3 nitrogen and oxygen atoms in total. The summed E-state index contributed by atoms with van der Waals surface area (Å²) in [5.74, 6) is 0. The molecule has 1 N–H and O–H groups in total. The number of rotatable bonds is 4. The molecule has 2 rings (SSSR count). The highest BCUT2D eigenvalue weighted by molar-refractivity contribution is 4.80. The molecule has 14 heavy (non-hydrogen) atoms. The Labute approximate surface area is 86.8 Å². The van der Waals surface area contributed by atoms with Crippen LogP contribution in [0.15, 0.2) is 0 Å². The van der Waals surface area contributed by atoms with Crippen molar-refractivity contribution < 1.29 is 4.74 Å². The lowest BCUT2D eigenvalue weighted by atomic mass is 9.92. The molecule has 1 atom stereocenters. The zero-order chi connectivity index (χ0) is 9.80. The normalized spacial score (nSPS) is 27.2. The van der Waals surface area contributed by atoms with Gasteiger partial charge in [0, 0.05) is 31.7 Å². The largest absolute Gasteiger partial charge is 0.379 e. The zero-order valence-electron chi connectivity index (χ0n) is 9.17. The van der Waals surface area contributed by atoms with E-state index in [0.29, 0.717) is 6.04 Å². The van der Waals surface area contributed by atoms with Crippen LogP contribution >= 0.6 is 0 Å². The first-order valence-corrected chi connectivity index (χ1v) is 5.91. The van der Waals surface area contributed by atoms with E-state index in [2.05, 4.69) is 17.1 Å². The molecule has 0 aromatic rings. The summed E-state index contributed by atoms with van der Waals surface area (Å²) in [6, 6.07) is 1.45. The minimum absolute atomic E-state index is 0.637. The lowest BCUT2D eigenvalue weighted by Crippen LogP contribution is -2.48. The molecular formula is C11H22N2O. The fourth-order valence-electron chi connectivity index (χ4n) is 2.20. The Bertz CT molecular complexity index is 165. The van der Waals surface area contributed by atoms with Gasteiger partial charge in [0.2, 0.25) is 0 Å². The van der Waals surface area contributed by atoms with Crippen LogP contribution in [0.1, 0.15) is 26.2 Å². The number of hydrogen-bond acceptors (Lipinski definition) is 3. The molecule has 0 radical (unpaired) electrons. The lowest BCUT2D eigenvalue weighted by Gasteiger charge is -2.34. The van der Waals surface area contributed by atoms with E-state index in [4.69, 9.17) is 4.74 Å². The Morgan fingerprint density at radius 3 is 2.64 bits per heavy atom. The zero-order valence-corrected chi connectivity index (χ0v) is 9.17. The Morgan fingerprint density at radius 1 is 1.36 bits per heavy atom. The first-order valence-electron chi connectivity index (χ1n) is 5.91. The van der Waals surface area contributed by atoms with Crippen molar-refractivity contribution in [2.45, 2.75) is 38.3 Å². The summed E-state index contributed by atoms with van der Waals surface area (Å²) in [6.45, 7) is 7.52. The minimum Gasteiger partial charge on any atom is -0.379 e. The summed E-state index contributed by atoms with van der Waals surface area (Å²) >= 11 is 0. The summed E-state index contributed by atoms with van der Waals surface area (Å²) in [5.41, 5.74) is 0. The van der Waals surface area contributed by atoms with Crippen LogP contribution in [-0.2, 0) is 4.74 Å². The molecule has 1 heterocycles. The van der Waals surface area contributed by atoms with Gasteiger partial charge in [-0.15, -0.1) is 0 Å². The highest BCUT2D eigenvalue weighted by Crippen LogP contribution is 2.18. The fraction of sp³-hybridized carbons (Fsp3) is 1.00. The third-order valence-electron chi connectivity index (χ3n) is 3.26. The monoisotopic (exact) mass is 198 g/mol. The smallest absolute Gasteiger partial charge is 0.0594 e. The fourth-order valence-corrected chi connectivity index (χ4v) is 2.20. The quantitative estimate of drug-likeness (QED) is 0.725. The molecule has 0 aromatic heterocycles. The second-order valence-electron chi connectivity index (χ2n) is 4.61. The molecule has 1 unspecified atom stereocenters. The highest BCUT2D eigenvalue weighted by Gasteiger charge is 2.20. The van der Waals surface area contributed by atoms with Crippen LogP contribution in [0.3, 0.4) is 0 Å². The molecule has 2 aliphatic rings. The van der Waals surface area contributed by atoms with Crippen molar-refractivity contribution in [2.24, 2.45) is 0 Å². The van der Waals surface area contributed by atoms with Gasteiger partial charge in [0.15, 0.2) is 0 Å². The standard InChI is InChI=1S/C11H22N2O/c1-10(12-11-3-2-4-11)9-13-5-7-14-8-6-13/h10-12H,2-9H2,1H3. The van der Waals surface area contributed by atoms with Crippen LogP contribution in [0.2, 0.25) is 0 Å². The van der Waals surface area contributed by atoms with Crippen LogP contribution in [-0.4, -0.2) is 49.8 Å². The molecule has 0 bridgehead atoms. The molecule has 3 heteroatoms. The number of nitrogens with one attached hydrogen (secondary N) is 1. The van der Waals surface area contributed by atoms with Crippen molar-refractivity contribution in [1.29, 1.82) is 0 Å². The maximum absolute atomic E-state index is 5.33. The van der Waals surface area contributed by atoms with E-state index in [0.717, 1.165) is 32.3 Å². The number of hydrogen-bond donors (Lipinski definition) is 1. The Morgan fingerprint density at radius 2 is 2.07 bits per heavy atom. The van der Waals surface area contributed by atoms with Crippen molar-refractivity contribution >= 4 is 0 Å². The van der Waals surface area contributed by atoms with Crippen molar-refractivity contribution in [3.8, 4) is 0 Å². The van der Waals surface area contributed by atoms with Crippen LogP contribution in [0, 0.1) is 0 Å². The van der Waals surface area contributed by atoms with Crippen LogP contribution in [0.25, 0.3) is 0 Å². The molecule has 82 valence electrons. The predicted molar refractivity (Wildman–Crippen MR) is 57.5 cm³/mol. The van der Waals surface area contributed by atoms with E-state index in [1.807, 2.05) is 0 Å². The van der Waals surface area contributed by atoms with Gasteiger partial charge in [0.1, 0.15) is 0 Å². The maximum Gasteiger partial charge on any atom is 0.0594 e. The predicted octanol–water partition coefficient (Wildman–Crippen LogP) is 0.849. The van der Waals surface area contributed by atoms with Crippen molar-refractivity contribution in [3.05, 3.63) is 0 Å². The van der Waals surface area contributed by atoms with Gasteiger partial charge in [-0.1, -0.05) is 6.42 Å². The van der Waals surface area contributed by atoms with Crippen molar-refractivity contribution in [1.82, 2.24) is 10.2 Å². The molecule has 1 aliphatic heterocycles. The first kappa shape index (κ1) is 10.4. The molecule has 0 amide bonds. The van der Waals surface area contributed by atoms with Gasteiger partial charge in [-0.25, -0.2) is 0 Å². The van der Waals surface area contributed by atoms with Gasteiger partial charge in [-0.05, 0) is 19.8 Å². The van der Waals surface area contributed by atoms with E-state index < -0.39 is 0 Å². The molecule has 1 saturated carbocycles. The van der Waals surface area contributed by atoms with Crippen molar-refractivity contribution in [3.63, 3.8) is 0 Å². The van der Waals surface area contributed by atoms with Gasteiger partial charge in [-0.2, -0.15) is 0 Å². The van der Waals surface area contributed by atoms with E-state index >= 15 is 0 Å². The van der Waals surface area contributed by atoms with Crippen LogP contribution in [0.4, 0.5) is 0 Å². The first-order chi connectivity index (χ1) is 6.84. The number of morpholine rings is 1. The summed E-state index contributed by atoms with van der Waals surface area (Å²) in [4.78, 5) is 2.50. The lowest BCUT2D eigenvalue weighted by molar-refractivity contribution is 0.0332. The topological polar surface area (TPSA) is 24.5 Å². The average molecular weight is 198 g/mol.